The van der Waals surface area contributed by atoms with Crippen LogP contribution < -0.4 is 4.90 Å². The van der Waals surface area contributed by atoms with Crippen molar-refractivity contribution in [1.29, 1.82) is 0 Å². The van der Waals surface area contributed by atoms with Crippen molar-refractivity contribution in [3.63, 3.8) is 0 Å². The van der Waals surface area contributed by atoms with Crippen LogP contribution in [-0.2, 0) is 4.74 Å². The molecule has 3 rings (SSSR count). The van der Waals surface area contributed by atoms with Crippen molar-refractivity contribution >= 4 is 17.5 Å². The van der Waals surface area contributed by atoms with E-state index in [-0.39, 0.29) is 11.8 Å². The van der Waals surface area contributed by atoms with Crippen LogP contribution in [0.15, 0.2) is 42.7 Å². The third kappa shape index (κ3) is 3.92. The third-order valence-electron chi connectivity index (χ3n) is 4.11. The number of ketones is 1. The summed E-state index contributed by atoms with van der Waals surface area (Å²) < 4.78 is 7.16. The Bertz CT molecular complexity index is 710. The van der Waals surface area contributed by atoms with E-state index in [2.05, 4.69) is 22.1 Å². The Kier molecular flexibility index (Phi) is 5.11. The molecule has 1 aliphatic rings. The van der Waals surface area contributed by atoms with E-state index in [9.17, 15) is 4.79 Å². The van der Waals surface area contributed by atoms with Crippen molar-refractivity contribution in [3.8, 4) is 0 Å². The molecule has 1 aliphatic heterocycles. The molecule has 5 heteroatoms. The van der Waals surface area contributed by atoms with Crippen molar-refractivity contribution in [2.24, 2.45) is 0 Å². The van der Waals surface area contributed by atoms with Gasteiger partial charge in [-0.2, -0.15) is 5.10 Å². The van der Waals surface area contributed by atoms with Gasteiger partial charge in [0.2, 0.25) is 0 Å². The number of aromatic nitrogens is 2. The van der Waals surface area contributed by atoms with Crippen LogP contribution in [0, 0.1) is 0 Å². The van der Waals surface area contributed by atoms with Crippen LogP contribution in [0.4, 0.5) is 5.69 Å². The number of rotatable bonds is 5. The number of hydrogen-bond acceptors (Lipinski definition) is 4. The van der Waals surface area contributed by atoms with Crippen LogP contribution >= 0.6 is 0 Å². The molecule has 0 amide bonds. The highest BCUT2D eigenvalue weighted by molar-refractivity contribution is 6.06. The smallest absolute Gasteiger partial charge is 0.189 e. The molecule has 1 fully saturated rings. The molecular formula is C19H23N3O2. The minimum atomic E-state index is -0.0286. The lowest BCUT2D eigenvalue weighted by atomic mass is 10.1. The second-order valence-corrected chi connectivity index (χ2v) is 6.19. The van der Waals surface area contributed by atoms with Gasteiger partial charge in [0.05, 0.1) is 25.0 Å². The first-order valence-electron chi connectivity index (χ1n) is 8.33. The number of carbonyl (C=O) groups excluding carboxylic acids is 1. The molecule has 1 saturated heterocycles. The van der Waals surface area contributed by atoms with Gasteiger partial charge < -0.3 is 9.64 Å². The molecule has 0 spiro atoms. The average Bonchev–Trinajstić information content (AvgIpc) is 3.11. The van der Waals surface area contributed by atoms with Crippen LogP contribution in [0.2, 0.25) is 0 Å². The lowest BCUT2D eigenvalue weighted by Crippen LogP contribution is -2.36. The number of nitrogens with zero attached hydrogens (tertiary/aromatic N) is 3. The van der Waals surface area contributed by atoms with E-state index in [1.165, 1.54) is 5.69 Å². The molecule has 5 nitrogen and oxygen atoms in total. The third-order valence-corrected chi connectivity index (χ3v) is 4.11. The first kappa shape index (κ1) is 16.5. The Morgan fingerprint density at radius 2 is 1.92 bits per heavy atom. The highest BCUT2D eigenvalue weighted by Gasteiger charge is 2.10. The predicted molar refractivity (Wildman–Crippen MR) is 95.5 cm³/mol. The molecule has 2 aromatic rings. The van der Waals surface area contributed by atoms with Gasteiger partial charge >= 0.3 is 0 Å². The Balaban J connectivity index is 1.64. The summed E-state index contributed by atoms with van der Waals surface area (Å²) >= 11 is 0. The van der Waals surface area contributed by atoms with E-state index in [0.29, 0.717) is 5.56 Å². The van der Waals surface area contributed by atoms with E-state index >= 15 is 0 Å². The number of allylic oxidation sites excluding steroid dienone is 1. The van der Waals surface area contributed by atoms with Crippen LogP contribution in [0.3, 0.4) is 0 Å². The molecule has 0 bridgehead atoms. The molecule has 0 saturated carbocycles. The van der Waals surface area contributed by atoms with E-state index in [0.717, 1.165) is 31.9 Å². The highest BCUT2D eigenvalue weighted by atomic mass is 16.5. The molecule has 0 N–H and O–H groups in total. The number of hydrogen-bond donors (Lipinski definition) is 0. The van der Waals surface area contributed by atoms with Crippen molar-refractivity contribution in [1.82, 2.24) is 9.78 Å². The maximum Gasteiger partial charge on any atom is 0.189 e. The summed E-state index contributed by atoms with van der Waals surface area (Å²) in [6, 6.07) is 8.50. The minimum absolute atomic E-state index is 0.0286. The van der Waals surface area contributed by atoms with Gasteiger partial charge in [0.15, 0.2) is 5.78 Å². The molecule has 1 aromatic carbocycles. The van der Waals surface area contributed by atoms with Crippen molar-refractivity contribution in [2.45, 2.75) is 19.9 Å². The number of carbonyl (C=O) groups is 1. The Morgan fingerprint density at radius 3 is 2.54 bits per heavy atom. The summed E-state index contributed by atoms with van der Waals surface area (Å²) in [7, 11) is 0. The van der Waals surface area contributed by atoms with Crippen LogP contribution in [-0.4, -0.2) is 41.9 Å². The summed E-state index contributed by atoms with van der Waals surface area (Å²) in [6.45, 7) is 7.47. The van der Waals surface area contributed by atoms with E-state index in [4.69, 9.17) is 4.74 Å². The number of anilines is 1. The molecule has 0 unspecified atom stereocenters. The quantitative estimate of drug-likeness (QED) is 0.626. The maximum atomic E-state index is 12.2. The molecule has 0 radical (unpaired) electrons. The maximum absolute atomic E-state index is 12.2. The van der Waals surface area contributed by atoms with Gasteiger partial charge in [0.1, 0.15) is 0 Å². The summed E-state index contributed by atoms with van der Waals surface area (Å²) in [6.07, 6.45) is 6.86. The molecule has 0 atom stereocenters. The summed E-state index contributed by atoms with van der Waals surface area (Å²) in [4.78, 5) is 14.5. The molecule has 126 valence electrons. The van der Waals surface area contributed by atoms with Gasteiger partial charge in [0, 0.05) is 31.0 Å². The standard InChI is InChI=1S/C19H23N3O2/c1-15(2)22-14-17(13-20-22)19(23)8-5-16-3-6-18(7-4-16)21-9-11-24-12-10-21/h3-8,13-15H,9-12H2,1-2H3/b8-5+. The largest absolute Gasteiger partial charge is 0.378 e. The molecule has 1 aromatic heterocycles. The fraction of sp³-hybridized carbons (Fsp3) is 0.368. The second-order valence-electron chi connectivity index (χ2n) is 6.19. The van der Waals surface area contributed by atoms with Gasteiger partial charge in [-0.15, -0.1) is 0 Å². The van der Waals surface area contributed by atoms with E-state index in [1.807, 2.05) is 32.1 Å². The van der Waals surface area contributed by atoms with E-state index in [1.54, 1.807) is 23.2 Å². The van der Waals surface area contributed by atoms with Crippen molar-refractivity contribution < 1.29 is 9.53 Å². The van der Waals surface area contributed by atoms with Gasteiger partial charge in [-0.05, 0) is 37.6 Å². The molecule has 24 heavy (non-hydrogen) atoms. The molecule has 0 aliphatic carbocycles. The number of benzene rings is 1. The minimum Gasteiger partial charge on any atom is -0.378 e. The number of ether oxygens (including phenoxy) is 1. The topological polar surface area (TPSA) is 47.4 Å². The Labute approximate surface area is 142 Å². The molecule has 2 heterocycles. The fourth-order valence-electron chi connectivity index (χ4n) is 2.63. The van der Waals surface area contributed by atoms with Crippen LogP contribution in [0.25, 0.3) is 6.08 Å². The summed E-state index contributed by atoms with van der Waals surface area (Å²) in [5, 5.41) is 4.20. The average molecular weight is 325 g/mol. The monoisotopic (exact) mass is 325 g/mol. The first-order valence-corrected chi connectivity index (χ1v) is 8.33. The van der Waals surface area contributed by atoms with Crippen LogP contribution in [0.5, 0.6) is 0 Å². The Hall–Kier alpha value is -2.40. The van der Waals surface area contributed by atoms with Crippen LogP contribution in [0.1, 0.15) is 35.8 Å². The molecular weight excluding hydrogens is 302 g/mol. The van der Waals surface area contributed by atoms with E-state index < -0.39 is 0 Å². The normalized spacial score (nSPS) is 15.4. The Morgan fingerprint density at radius 1 is 1.21 bits per heavy atom. The van der Waals surface area contributed by atoms with Gasteiger partial charge in [-0.1, -0.05) is 18.2 Å². The summed E-state index contributed by atoms with van der Waals surface area (Å²) in [5.74, 6) is -0.0286. The predicted octanol–water partition coefficient (Wildman–Crippen LogP) is 3.20. The van der Waals surface area contributed by atoms with Gasteiger partial charge in [0.25, 0.3) is 0 Å². The van der Waals surface area contributed by atoms with Crippen molar-refractivity contribution in [3.05, 3.63) is 53.9 Å². The fourth-order valence-corrected chi connectivity index (χ4v) is 2.63. The first-order chi connectivity index (χ1) is 11.6. The summed E-state index contributed by atoms with van der Waals surface area (Å²) in [5.41, 5.74) is 2.82. The lowest BCUT2D eigenvalue weighted by Gasteiger charge is -2.28. The second kappa shape index (κ2) is 7.45. The van der Waals surface area contributed by atoms with Gasteiger partial charge in [-0.3, -0.25) is 9.48 Å². The van der Waals surface area contributed by atoms with Crippen molar-refractivity contribution in [2.75, 3.05) is 31.2 Å². The van der Waals surface area contributed by atoms with Gasteiger partial charge in [-0.25, -0.2) is 0 Å². The lowest BCUT2D eigenvalue weighted by molar-refractivity contribution is 0.104. The zero-order valence-electron chi connectivity index (χ0n) is 14.2. The SMILES string of the molecule is CC(C)n1cc(C(=O)/C=C/c2ccc(N3CCOCC3)cc2)cn1. The number of morpholine rings is 1. The highest BCUT2D eigenvalue weighted by Crippen LogP contribution is 2.17. The zero-order valence-corrected chi connectivity index (χ0v) is 14.2. The zero-order chi connectivity index (χ0) is 16.9.